The second-order valence-electron chi connectivity index (χ2n) is 7.73. The molecular weight excluding hydrogens is 432 g/mol. The average molecular weight is 455 g/mol. The summed E-state index contributed by atoms with van der Waals surface area (Å²) in [6.45, 7) is 2.66. The lowest BCUT2D eigenvalue weighted by Gasteiger charge is -2.30. The number of fused-ring (bicyclic) bond motifs is 1. The maximum Gasteiger partial charge on any atom is 0.265 e. The van der Waals surface area contributed by atoms with Gasteiger partial charge in [-0.3, -0.25) is 4.79 Å². The third-order valence-electron chi connectivity index (χ3n) is 5.26. The predicted octanol–water partition coefficient (Wildman–Crippen LogP) is 1.79. The van der Waals surface area contributed by atoms with Crippen LogP contribution in [0.15, 0.2) is 47.4 Å². The van der Waals surface area contributed by atoms with Gasteiger partial charge in [0, 0.05) is 18.8 Å². The van der Waals surface area contributed by atoms with Crippen molar-refractivity contribution in [3.8, 4) is 6.07 Å². The molecule has 0 aliphatic carbocycles. The topological polar surface area (TPSA) is 130 Å². The van der Waals surface area contributed by atoms with E-state index in [2.05, 4.69) is 15.6 Å². The second kappa shape index (κ2) is 8.94. The van der Waals surface area contributed by atoms with Gasteiger partial charge in [-0.1, -0.05) is 11.8 Å². The second-order valence-corrected chi connectivity index (χ2v) is 9.67. The van der Waals surface area contributed by atoms with Crippen molar-refractivity contribution in [2.45, 2.75) is 24.7 Å². The molecule has 1 unspecified atom stereocenters. The molecule has 1 amide bonds. The van der Waals surface area contributed by atoms with E-state index in [1.807, 2.05) is 13.0 Å². The Labute approximate surface area is 185 Å². The minimum atomic E-state index is -3.65. The third-order valence-corrected chi connectivity index (χ3v) is 7.12. The lowest BCUT2D eigenvalue weighted by molar-refractivity contribution is -0.121. The molecule has 1 aliphatic rings. The number of anilines is 1. The summed E-state index contributed by atoms with van der Waals surface area (Å²) in [4.78, 5) is 18.8. The molecule has 3 aromatic rings. The first-order valence-electron chi connectivity index (χ1n) is 10.2. The highest BCUT2D eigenvalue weighted by atomic mass is 32.2. The van der Waals surface area contributed by atoms with Crippen molar-refractivity contribution in [1.29, 1.82) is 5.26 Å². The Morgan fingerprint density at radius 3 is 2.78 bits per heavy atom. The van der Waals surface area contributed by atoms with Crippen LogP contribution in [-0.2, 0) is 14.8 Å². The molecule has 11 heteroatoms. The summed E-state index contributed by atoms with van der Waals surface area (Å²) in [6, 6.07) is 12.9. The van der Waals surface area contributed by atoms with Gasteiger partial charge in [0.05, 0.1) is 16.5 Å². The van der Waals surface area contributed by atoms with Gasteiger partial charge in [0.15, 0.2) is 6.61 Å². The fraction of sp³-hybridized carbons (Fsp3) is 0.333. The molecule has 2 heterocycles. The average Bonchev–Trinajstić information content (AvgIpc) is 3.20. The van der Waals surface area contributed by atoms with Crippen molar-refractivity contribution in [3.05, 3.63) is 48.0 Å². The lowest BCUT2D eigenvalue weighted by atomic mass is 10.0. The van der Waals surface area contributed by atoms with Crippen LogP contribution in [0.3, 0.4) is 0 Å². The Morgan fingerprint density at radius 1 is 1.28 bits per heavy atom. The van der Waals surface area contributed by atoms with Crippen LogP contribution in [-0.4, -0.2) is 53.5 Å². The van der Waals surface area contributed by atoms with Crippen LogP contribution < -0.4 is 10.2 Å². The van der Waals surface area contributed by atoms with E-state index in [-0.39, 0.29) is 11.5 Å². The Balaban J connectivity index is 1.47. The van der Waals surface area contributed by atoms with Crippen molar-refractivity contribution >= 4 is 32.7 Å². The van der Waals surface area contributed by atoms with Crippen LogP contribution in [0.25, 0.3) is 11.0 Å². The van der Waals surface area contributed by atoms with E-state index in [0.29, 0.717) is 41.3 Å². The van der Waals surface area contributed by atoms with E-state index in [1.165, 1.54) is 16.4 Å². The monoisotopic (exact) mass is 454 g/mol. The molecule has 10 nitrogen and oxygen atoms in total. The number of nitrogens with zero attached hydrogens (tertiary/aromatic N) is 5. The van der Waals surface area contributed by atoms with Crippen LogP contribution >= 0.6 is 0 Å². The van der Waals surface area contributed by atoms with Crippen LogP contribution in [0.5, 0.6) is 0 Å². The molecule has 0 spiro atoms. The number of nitriles is 1. The van der Waals surface area contributed by atoms with Crippen molar-refractivity contribution in [2.75, 3.05) is 25.0 Å². The predicted molar refractivity (Wildman–Crippen MR) is 116 cm³/mol. The maximum atomic E-state index is 13.1. The zero-order chi connectivity index (χ0) is 22.7. The number of sulfonamides is 1. The number of amides is 1. The van der Waals surface area contributed by atoms with Crippen LogP contribution in [0.4, 0.5) is 5.69 Å². The van der Waals surface area contributed by atoms with Gasteiger partial charge in [0.25, 0.3) is 5.91 Å². The summed E-state index contributed by atoms with van der Waals surface area (Å²) in [7, 11) is -3.65. The molecule has 1 fully saturated rings. The largest absolute Gasteiger partial charge is 0.385 e. The molecule has 1 N–H and O–H groups in total. The van der Waals surface area contributed by atoms with Gasteiger partial charge >= 0.3 is 0 Å². The standard InChI is InChI=1S/C21H22N6O4S/c1-15-3-2-10-26(13-15)32(29,30)18-8-9-19-20(11-18)27(25-24-19)31-14-21(28)23-17-6-4-16(12-22)5-7-17/h4-9,11,15H,2-3,10,13-14H2,1H3,(H,23,28). The number of piperidine rings is 1. The highest BCUT2D eigenvalue weighted by molar-refractivity contribution is 7.89. The third kappa shape index (κ3) is 4.56. The number of nitrogens with one attached hydrogen (secondary N) is 1. The van der Waals surface area contributed by atoms with Gasteiger partial charge in [-0.25, -0.2) is 8.42 Å². The highest BCUT2D eigenvalue weighted by Crippen LogP contribution is 2.25. The Morgan fingerprint density at radius 2 is 2.06 bits per heavy atom. The minimum Gasteiger partial charge on any atom is -0.385 e. The van der Waals surface area contributed by atoms with E-state index in [1.54, 1.807) is 30.3 Å². The Hall–Kier alpha value is -3.49. The Kier molecular flexibility index (Phi) is 6.07. The number of rotatable bonds is 6. The van der Waals surface area contributed by atoms with E-state index in [9.17, 15) is 13.2 Å². The number of hydrogen-bond acceptors (Lipinski definition) is 7. The lowest BCUT2D eigenvalue weighted by Crippen LogP contribution is -2.39. The van der Waals surface area contributed by atoms with E-state index < -0.39 is 15.9 Å². The summed E-state index contributed by atoms with van der Waals surface area (Å²) in [6.07, 6.45) is 1.85. The first-order chi connectivity index (χ1) is 15.4. The fourth-order valence-electron chi connectivity index (χ4n) is 3.59. The van der Waals surface area contributed by atoms with Crippen LogP contribution in [0, 0.1) is 17.2 Å². The summed E-state index contributed by atoms with van der Waals surface area (Å²) in [5.74, 6) is -0.128. The SMILES string of the molecule is CC1CCCN(S(=O)(=O)c2ccc3nnn(OCC(=O)Nc4ccc(C#N)cc4)c3c2)C1. The summed E-state index contributed by atoms with van der Waals surface area (Å²) in [5.41, 5.74) is 1.80. The number of hydrogen-bond donors (Lipinski definition) is 1. The van der Waals surface area contributed by atoms with Crippen LogP contribution in [0.1, 0.15) is 25.3 Å². The molecule has 1 atom stereocenters. The molecule has 0 bridgehead atoms. The zero-order valence-electron chi connectivity index (χ0n) is 17.4. The molecule has 32 heavy (non-hydrogen) atoms. The zero-order valence-corrected chi connectivity index (χ0v) is 18.2. The first kappa shape index (κ1) is 21.7. The van der Waals surface area contributed by atoms with Gasteiger partial charge in [0.1, 0.15) is 11.0 Å². The minimum absolute atomic E-state index is 0.133. The van der Waals surface area contributed by atoms with Crippen molar-refractivity contribution < 1.29 is 18.0 Å². The number of carbonyl (C=O) groups excluding carboxylic acids is 1. The normalized spacial score (nSPS) is 17.1. The van der Waals surface area contributed by atoms with Crippen LogP contribution in [0.2, 0.25) is 0 Å². The van der Waals surface area contributed by atoms with Crippen molar-refractivity contribution in [3.63, 3.8) is 0 Å². The van der Waals surface area contributed by atoms with Gasteiger partial charge < -0.3 is 10.2 Å². The smallest absolute Gasteiger partial charge is 0.265 e. The fourth-order valence-corrected chi connectivity index (χ4v) is 5.21. The van der Waals surface area contributed by atoms with Crippen molar-refractivity contribution in [2.24, 2.45) is 5.92 Å². The number of aromatic nitrogens is 3. The van der Waals surface area contributed by atoms with Gasteiger partial charge in [0.2, 0.25) is 10.0 Å². The molecule has 0 radical (unpaired) electrons. The molecule has 2 aromatic carbocycles. The van der Waals surface area contributed by atoms with Gasteiger partial charge in [-0.2, -0.15) is 9.57 Å². The summed E-state index contributed by atoms with van der Waals surface area (Å²) < 4.78 is 27.7. The van der Waals surface area contributed by atoms with Crippen molar-refractivity contribution in [1.82, 2.24) is 19.5 Å². The van der Waals surface area contributed by atoms with E-state index in [4.69, 9.17) is 10.1 Å². The first-order valence-corrected chi connectivity index (χ1v) is 11.6. The molecule has 1 aromatic heterocycles. The molecule has 4 rings (SSSR count). The Bertz CT molecular complexity index is 1280. The molecule has 166 valence electrons. The maximum absolute atomic E-state index is 13.1. The molecule has 1 aliphatic heterocycles. The molecule has 0 saturated carbocycles. The highest BCUT2D eigenvalue weighted by Gasteiger charge is 2.29. The van der Waals surface area contributed by atoms with Gasteiger partial charge in [-0.15, -0.1) is 5.10 Å². The van der Waals surface area contributed by atoms with E-state index in [0.717, 1.165) is 17.7 Å². The quantitative estimate of drug-likeness (QED) is 0.601. The molecular formula is C21H22N6O4S. The summed E-state index contributed by atoms with van der Waals surface area (Å²) >= 11 is 0. The number of carbonyl (C=O) groups is 1. The number of benzene rings is 2. The van der Waals surface area contributed by atoms with Gasteiger partial charge in [-0.05, 0) is 66.4 Å². The van der Waals surface area contributed by atoms with E-state index >= 15 is 0 Å². The molecule has 1 saturated heterocycles. The summed E-state index contributed by atoms with van der Waals surface area (Å²) in [5, 5.41) is 19.3.